The van der Waals surface area contributed by atoms with E-state index in [-0.39, 0.29) is 5.57 Å². The second kappa shape index (κ2) is 4.80. The summed E-state index contributed by atoms with van der Waals surface area (Å²) in [5.74, 6) is 0.374. The summed E-state index contributed by atoms with van der Waals surface area (Å²) >= 11 is 0. The Morgan fingerprint density at radius 3 is 2.68 bits per heavy atom. The molecule has 0 N–H and O–H groups in total. The molecule has 4 fully saturated rings. The van der Waals surface area contributed by atoms with Crippen molar-refractivity contribution >= 4 is 5.91 Å². The molecule has 5 rings (SSSR count). The van der Waals surface area contributed by atoms with E-state index in [1.165, 1.54) is 44.9 Å². The molecule has 5 aliphatic rings. The van der Waals surface area contributed by atoms with E-state index in [0.29, 0.717) is 23.2 Å². The van der Waals surface area contributed by atoms with Crippen molar-refractivity contribution in [2.24, 2.45) is 33.0 Å². The van der Waals surface area contributed by atoms with E-state index in [0.717, 1.165) is 12.3 Å². The smallest absolute Gasteiger partial charge is 0.264 e. The number of amides is 1. The molecule has 118 valence electrons. The van der Waals surface area contributed by atoms with Crippen molar-refractivity contribution in [3.8, 4) is 0 Å². The van der Waals surface area contributed by atoms with Gasteiger partial charge in [0.25, 0.3) is 0 Å². The minimum absolute atomic E-state index is 0.259. The van der Waals surface area contributed by atoms with Crippen LogP contribution in [0.2, 0.25) is 0 Å². The van der Waals surface area contributed by atoms with Gasteiger partial charge in [0.15, 0.2) is 0 Å². The summed E-state index contributed by atoms with van der Waals surface area (Å²) in [6.45, 7) is 0. The Labute approximate surface area is 129 Å². The Balaban J connectivity index is 1.66. The standard InChI is InChI=1S/C17H22N2O3/c20-15(19-22)13-6-12(2-3-14(13)18-21)17-5-1-4-16(10-17)7-11(8-16)9-17/h6,11-12,14H,1-5,7-10H2. The zero-order valence-electron chi connectivity index (χ0n) is 12.8. The van der Waals surface area contributed by atoms with E-state index < -0.39 is 11.9 Å². The number of hydrogen-bond acceptors (Lipinski definition) is 4. The summed E-state index contributed by atoms with van der Waals surface area (Å²) in [5.41, 5.74) is 1.12. The molecule has 5 aliphatic carbocycles. The third kappa shape index (κ3) is 1.94. The first-order chi connectivity index (χ1) is 10.6. The van der Waals surface area contributed by atoms with Gasteiger partial charge in [-0.2, -0.15) is 4.91 Å². The van der Waals surface area contributed by atoms with Crippen LogP contribution >= 0.6 is 0 Å². The van der Waals surface area contributed by atoms with E-state index in [4.69, 9.17) is 0 Å². The fraction of sp³-hybridized carbons (Fsp3) is 0.824. The monoisotopic (exact) mass is 302 g/mol. The number of nitrogens with zero attached hydrogens (tertiary/aromatic N) is 2. The van der Waals surface area contributed by atoms with Gasteiger partial charge in [-0.15, -0.1) is 4.91 Å². The first kappa shape index (κ1) is 14.2. The zero-order valence-corrected chi connectivity index (χ0v) is 12.8. The Kier molecular flexibility index (Phi) is 3.10. The molecule has 4 saturated carbocycles. The van der Waals surface area contributed by atoms with Gasteiger partial charge in [-0.05, 0) is 74.0 Å². The second-order valence-corrected chi connectivity index (χ2v) is 8.19. The van der Waals surface area contributed by atoms with Gasteiger partial charge < -0.3 is 0 Å². The van der Waals surface area contributed by atoms with Gasteiger partial charge in [0.1, 0.15) is 6.04 Å². The average molecular weight is 302 g/mol. The highest BCUT2D eigenvalue weighted by molar-refractivity contribution is 5.95. The van der Waals surface area contributed by atoms with Gasteiger partial charge in [0.2, 0.25) is 0 Å². The largest absolute Gasteiger partial charge is 0.314 e. The van der Waals surface area contributed by atoms with Crippen LogP contribution in [0.25, 0.3) is 0 Å². The molecule has 3 atom stereocenters. The first-order valence-corrected chi connectivity index (χ1v) is 8.52. The van der Waals surface area contributed by atoms with E-state index in [9.17, 15) is 14.6 Å². The molecule has 0 aromatic rings. The van der Waals surface area contributed by atoms with Crippen molar-refractivity contribution in [1.82, 2.24) is 0 Å². The number of rotatable bonds is 3. The summed E-state index contributed by atoms with van der Waals surface area (Å²) < 4.78 is 0. The SMILES string of the molecule is O=NC(=O)C1=CC(C23CCCC4(CC(C4)C2)C3)CCC1N=O. The van der Waals surface area contributed by atoms with Crippen LogP contribution < -0.4 is 0 Å². The first-order valence-electron chi connectivity index (χ1n) is 8.52. The van der Waals surface area contributed by atoms with Crippen LogP contribution in [0.15, 0.2) is 22.0 Å². The van der Waals surface area contributed by atoms with Crippen LogP contribution in [0, 0.1) is 32.5 Å². The Hall–Kier alpha value is -1.39. The lowest BCUT2D eigenvalue weighted by Gasteiger charge is -2.65. The van der Waals surface area contributed by atoms with Crippen molar-refractivity contribution in [1.29, 1.82) is 0 Å². The number of carbonyl (C=O) groups is 1. The molecular formula is C17H22N2O3. The maximum absolute atomic E-state index is 11.8. The van der Waals surface area contributed by atoms with E-state index >= 15 is 0 Å². The van der Waals surface area contributed by atoms with Crippen molar-refractivity contribution < 1.29 is 4.79 Å². The fourth-order valence-electron chi connectivity index (χ4n) is 6.38. The van der Waals surface area contributed by atoms with Crippen LogP contribution in [0.1, 0.15) is 57.8 Å². The molecule has 0 aliphatic heterocycles. The fourth-order valence-corrected chi connectivity index (χ4v) is 6.38. The van der Waals surface area contributed by atoms with Gasteiger partial charge >= 0.3 is 5.91 Å². The van der Waals surface area contributed by atoms with Crippen molar-refractivity contribution in [2.45, 2.75) is 63.8 Å². The Morgan fingerprint density at radius 2 is 1.95 bits per heavy atom. The normalized spacial score (nSPS) is 46.2. The maximum atomic E-state index is 11.8. The highest BCUT2D eigenvalue weighted by Gasteiger charge is 2.60. The van der Waals surface area contributed by atoms with E-state index in [1.54, 1.807) is 0 Å². The van der Waals surface area contributed by atoms with E-state index in [2.05, 4.69) is 10.4 Å². The molecule has 0 radical (unpaired) electrons. The lowest BCUT2D eigenvalue weighted by molar-refractivity contribution is -0.141. The van der Waals surface area contributed by atoms with Crippen LogP contribution in [0.4, 0.5) is 0 Å². The number of hydrogen-bond donors (Lipinski definition) is 0. The quantitative estimate of drug-likeness (QED) is 0.736. The highest BCUT2D eigenvalue weighted by Crippen LogP contribution is 2.70. The third-order valence-electron chi connectivity index (χ3n) is 6.98. The molecule has 22 heavy (non-hydrogen) atoms. The molecule has 0 heterocycles. The summed E-state index contributed by atoms with van der Waals surface area (Å²) in [6, 6.07) is -0.673. The van der Waals surface area contributed by atoms with E-state index in [1.807, 2.05) is 6.08 Å². The predicted octanol–water partition coefficient (Wildman–Crippen LogP) is 4.11. The molecule has 0 saturated heterocycles. The van der Waals surface area contributed by atoms with Crippen LogP contribution in [-0.4, -0.2) is 11.9 Å². The topological polar surface area (TPSA) is 75.9 Å². The summed E-state index contributed by atoms with van der Waals surface area (Å²) in [4.78, 5) is 33.4. The lowest BCUT2D eigenvalue weighted by atomic mass is 9.39. The molecule has 5 nitrogen and oxygen atoms in total. The molecule has 1 spiro atoms. The minimum atomic E-state index is -0.794. The Bertz CT molecular complexity index is 559. The molecule has 1 amide bonds. The van der Waals surface area contributed by atoms with Gasteiger partial charge in [0.05, 0.1) is 0 Å². The summed E-state index contributed by atoms with van der Waals surface area (Å²) in [7, 11) is 0. The van der Waals surface area contributed by atoms with Crippen LogP contribution in [-0.2, 0) is 4.79 Å². The average Bonchev–Trinajstić information content (AvgIpc) is 2.52. The highest BCUT2D eigenvalue weighted by atomic mass is 16.3. The molecule has 0 aromatic heterocycles. The van der Waals surface area contributed by atoms with Crippen LogP contribution in [0.5, 0.6) is 0 Å². The number of carbonyl (C=O) groups excluding carboxylic acids is 1. The Morgan fingerprint density at radius 1 is 1.14 bits per heavy atom. The second-order valence-electron chi connectivity index (χ2n) is 8.19. The van der Waals surface area contributed by atoms with Gasteiger partial charge in [-0.1, -0.05) is 17.7 Å². The summed E-state index contributed by atoms with van der Waals surface area (Å²) in [5, 5.41) is 5.57. The molecule has 3 unspecified atom stereocenters. The van der Waals surface area contributed by atoms with Crippen molar-refractivity contribution in [3.05, 3.63) is 21.5 Å². The zero-order chi connectivity index (χ0) is 15.4. The lowest BCUT2D eigenvalue weighted by Crippen LogP contribution is -2.55. The van der Waals surface area contributed by atoms with Crippen molar-refractivity contribution in [2.75, 3.05) is 0 Å². The predicted molar refractivity (Wildman–Crippen MR) is 81.9 cm³/mol. The van der Waals surface area contributed by atoms with Gasteiger partial charge in [-0.25, -0.2) is 0 Å². The number of allylic oxidation sites excluding steroid dienone is 1. The summed E-state index contributed by atoms with van der Waals surface area (Å²) in [6.07, 6.45) is 12.6. The minimum Gasteiger partial charge on any atom is -0.264 e. The van der Waals surface area contributed by atoms with Gasteiger partial charge in [-0.3, -0.25) is 4.79 Å². The van der Waals surface area contributed by atoms with Crippen molar-refractivity contribution in [3.63, 3.8) is 0 Å². The molecule has 0 aromatic carbocycles. The molecular weight excluding hydrogens is 280 g/mol. The number of nitroso groups, excluding NO2 is 2. The van der Waals surface area contributed by atoms with Crippen LogP contribution in [0.3, 0.4) is 0 Å². The molecule has 5 heteroatoms. The third-order valence-corrected chi connectivity index (χ3v) is 6.98. The molecule has 3 bridgehead atoms. The maximum Gasteiger partial charge on any atom is 0.314 e. The van der Waals surface area contributed by atoms with Gasteiger partial charge in [0, 0.05) is 10.7 Å².